The van der Waals surface area contributed by atoms with E-state index < -0.39 is 0 Å². The topological polar surface area (TPSA) is 151 Å². The van der Waals surface area contributed by atoms with Gasteiger partial charge in [0.25, 0.3) is 0 Å². The number of carbonyl (C=O) groups excluding carboxylic acids is 2. The van der Waals surface area contributed by atoms with Crippen molar-refractivity contribution >= 4 is 29.0 Å². The number of para-hydroxylation sites is 1. The summed E-state index contributed by atoms with van der Waals surface area (Å²) in [5.41, 5.74) is 14.7. The number of primary amides is 1. The van der Waals surface area contributed by atoms with E-state index in [9.17, 15) is 14.7 Å². The Morgan fingerprint density at radius 3 is 2.08 bits per heavy atom. The highest BCUT2D eigenvalue weighted by molar-refractivity contribution is 5.76. The van der Waals surface area contributed by atoms with Gasteiger partial charge in [0, 0.05) is 68.6 Å². The summed E-state index contributed by atoms with van der Waals surface area (Å²) in [5, 5.41) is 18.5. The molecule has 2 aromatic carbocycles. The first kappa shape index (κ1) is 34.8. The molecule has 1 aromatic heterocycles. The number of aromatic hydroxyl groups is 1. The maximum atomic E-state index is 12.8. The van der Waals surface area contributed by atoms with E-state index in [2.05, 4.69) is 44.3 Å². The molecule has 3 aromatic rings. The fraction of sp³-hybridized carbons (Fsp3) is 0.514. The van der Waals surface area contributed by atoms with Crippen LogP contribution in [0.15, 0.2) is 54.6 Å². The lowest BCUT2D eigenvalue weighted by Gasteiger charge is -2.37. The van der Waals surface area contributed by atoms with E-state index in [0.717, 1.165) is 96.3 Å². The van der Waals surface area contributed by atoms with Gasteiger partial charge in [-0.1, -0.05) is 50.7 Å². The number of benzene rings is 2. The van der Waals surface area contributed by atoms with Gasteiger partial charge < -0.3 is 36.0 Å². The first-order valence-electron chi connectivity index (χ1n) is 17.6. The van der Waals surface area contributed by atoms with Crippen LogP contribution < -0.4 is 26.0 Å². The van der Waals surface area contributed by atoms with Gasteiger partial charge >= 0.3 is 0 Å². The number of nitrogens with zero attached hydrogens (tertiary/aromatic N) is 5. The van der Waals surface area contributed by atoms with Gasteiger partial charge in [-0.2, -0.15) is 0 Å². The molecule has 5 rings (SSSR count). The standard InChI is InChI=1S/C37H51N7O4/c38-35(46)15-7-5-3-1-2-4-6-8-16-36(47)43-24-22-42(23-25-43)28-17-19-29(20-18-28)44-21-11-12-30(27-44)48-34-26-32(40-41-37(34)39)31-13-9-10-14-33(31)45/h9-10,13-14,17-20,26,30,45H,1-8,11-12,15-16,21-25,27H2,(H2,38,46)(H2,39,41). The molecule has 3 heterocycles. The van der Waals surface area contributed by atoms with Crippen molar-refractivity contribution in [3.63, 3.8) is 0 Å². The molecule has 1 unspecified atom stereocenters. The van der Waals surface area contributed by atoms with Crippen LogP contribution in [0.3, 0.4) is 0 Å². The maximum absolute atomic E-state index is 12.8. The van der Waals surface area contributed by atoms with E-state index in [-0.39, 0.29) is 29.5 Å². The van der Waals surface area contributed by atoms with E-state index in [1.165, 1.54) is 18.5 Å². The average molecular weight is 658 g/mol. The minimum atomic E-state index is -0.208. The SMILES string of the molecule is NC(=O)CCCCCCCCCCC(=O)N1CCN(c2ccc(N3CCCC(Oc4cc(-c5ccccc5O)nnc4N)C3)cc2)CC1. The number of hydrogen-bond donors (Lipinski definition) is 3. The van der Waals surface area contributed by atoms with Gasteiger partial charge in [-0.3, -0.25) is 9.59 Å². The van der Waals surface area contributed by atoms with Gasteiger partial charge in [0.05, 0.1) is 6.54 Å². The molecule has 0 saturated carbocycles. The van der Waals surface area contributed by atoms with Crippen molar-refractivity contribution in [2.24, 2.45) is 5.73 Å². The molecule has 0 aliphatic carbocycles. The van der Waals surface area contributed by atoms with Crippen molar-refractivity contribution in [3.8, 4) is 22.8 Å². The van der Waals surface area contributed by atoms with Crippen LogP contribution in [-0.2, 0) is 9.59 Å². The van der Waals surface area contributed by atoms with Gasteiger partial charge in [-0.05, 0) is 62.1 Å². The van der Waals surface area contributed by atoms with Crippen LogP contribution in [0.5, 0.6) is 11.5 Å². The van der Waals surface area contributed by atoms with Gasteiger partial charge in [-0.25, -0.2) is 0 Å². The number of ether oxygens (including phenoxy) is 1. The van der Waals surface area contributed by atoms with E-state index in [1.54, 1.807) is 24.3 Å². The normalized spacial score (nSPS) is 16.6. The van der Waals surface area contributed by atoms with Crippen molar-refractivity contribution in [3.05, 3.63) is 54.6 Å². The lowest BCUT2D eigenvalue weighted by atomic mass is 10.1. The monoisotopic (exact) mass is 657 g/mol. The van der Waals surface area contributed by atoms with Crippen LogP contribution >= 0.6 is 0 Å². The third-order valence-electron chi connectivity index (χ3n) is 9.41. The zero-order valence-corrected chi connectivity index (χ0v) is 28.1. The van der Waals surface area contributed by atoms with Crippen LogP contribution in [0.4, 0.5) is 17.2 Å². The second kappa shape index (κ2) is 17.6. The number of piperidine rings is 1. The molecule has 258 valence electrons. The average Bonchev–Trinajstić information content (AvgIpc) is 3.10. The predicted molar refractivity (Wildman–Crippen MR) is 190 cm³/mol. The van der Waals surface area contributed by atoms with Gasteiger partial charge in [0.2, 0.25) is 11.8 Å². The number of phenols is 1. The lowest BCUT2D eigenvalue weighted by Crippen LogP contribution is -2.48. The largest absolute Gasteiger partial charge is 0.507 e. The van der Waals surface area contributed by atoms with Crippen molar-refractivity contribution in [1.82, 2.24) is 15.1 Å². The summed E-state index contributed by atoms with van der Waals surface area (Å²) in [5.74, 6) is 0.905. The van der Waals surface area contributed by atoms with E-state index in [4.69, 9.17) is 16.2 Å². The molecule has 11 heteroatoms. The molecule has 48 heavy (non-hydrogen) atoms. The number of hydrogen-bond acceptors (Lipinski definition) is 9. The molecule has 0 radical (unpaired) electrons. The Labute approximate surface area is 284 Å². The minimum Gasteiger partial charge on any atom is -0.507 e. The Morgan fingerprint density at radius 2 is 1.42 bits per heavy atom. The molecule has 11 nitrogen and oxygen atoms in total. The third kappa shape index (κ3) is 9.98. The minimum absolute atomic E-state index is 0.0571. The number of carbonyl (C=O) groups is 2. The smallest absolute Gasteiger partial charge is 0.222 e. The molecule has 2 aliphatic heterocycles. The first-order valence-corrected chi connectivity index (χ1v) is 17.6. The molecule has 2 saturated heterocycles. The quantitative estimate of drug-likeness (QED) is 0.169. The summed E-state index contributed by atoms with van der Waals surface area (Å²) in [6, 6.07) is 17.5. The van der Waals surface area contributed by atoms with Crippen LogP contribution in [0.25, 0.3) is 11.3 Å². The number of unbranched alkanes of at least 4 members (excludes halogenated alkanes) is 7. The van der Waals surface area contributed by atoms with Gasteiger partial charge in [-0.15, -0.1) is 10.2 Å². The van der Waals surface area contributed by atoms with Crippen molar-refractivity contribution < 1.29 is 19.4 Å². The Kier molecular flexibility index (Phi) is 12.7. The summed E-state index contributed by atoms with van der Waals surface area (Å²) < 4.78 is 6.35. The summed E-state index contributed by atoms with van der Waals surface area (Å²) in [4.78, 5) is 30.3. The fourth-order valence-corrected chi connectivity index (χ4v) is 6.63. The highest BCUT2D eigenvalue weighted by Crippen LogP contribution is 2.32. The van der Waals surface area contributed by atoms with Crippen molar-refractivity contribution in [2.45, 2.75) is 83.2 Å². The zero-order valence-electron chi connectivity index (χ0n) is 28.1. The third-order valence-corrected chi connectivity index (χ3v) is 9.41. The van der Waals surface area contributed by atoms with E-state index in [1.807, 2.05) is 11.0 Å². The summed E-state index contributed by atoms with van der Waals surface area (Å²) in [6.45, 7) is 4.87. The molecule has 1 atom stereocenters. The number of rotatable bonds is 16. The predicted octanol–water partition coefficient (Wildman–Crippen LogP) is 5.51. The molecule has 2 aliphatic rings. The lowest BCUT2D eigenvalue weighted by molar-refractivity contribution is -0.131. The summed E-state index contributed by atoms with van der Waals surface area (Å²) in [6.07, 6.45) is 11.7. The molecular formula is C37H51N7O4. The fourth-order valence-electron chi connectivity index (χ4n) is 6.63. The Bertz CT molecular complexity index is 1480. The van der Waals surface area contributed by atoms with Crippen LogP contribution in [0.2, 0.25) is 0 Å². The highest BCUT2D eigenvalue weighted by atomic mass is 16.5. The first-order chi connectivity index (χ1) is 23.4. The molecule has 2 fully saturated rings. The number of anilines is 3. The number of amides is 2. The second-order valence-electron chi connectivity index (χ2n) is 13.0. The zero-order chi connectivity index (χ0) is 33.7. The Balaban J connectivity index is 1.02. The van der Waals surface area contributed by atoms with Gasteiger partial charge in [0.15, 0.2) is 11.6 Å². The summed E-state index contributed by atoms with van der Waals surface area (Å²) >= 11 is 0. The van der Waals surface area contributed by atoms with Crippen molar-refractivity contribution in [2.75, 3.05) is 54.8 Å². The molecule has 0 bridgehead atoms. The molecule has 0 spiro atoms. The maximum Gasteiger partial charge on any atom is 0.222 e. The Morgan fingerprint density at radius 1 is 0.792 bits per heavy atom. The highest BCUT2D eigenvalue weighted by Gasteiger charge is 2.25. The van der Waals surface area contributed by atoms with Crippen LogP contribution in [0, 0.1) is 0 Å². The number of nitrogens with two attached hydrogens (primary N) is 2. The van der Waals surface area contributed by atoms with Crippen LogP contribution in [0.1, 0.15) is 77.0 Å². The summed E-state index contributed by atoms with van der Waals surface area (Å²) in [7, 11) is 0. The van der Waals surface area contributed by atoms with Gasteiger partial charge in [0.1, 0.15) is 17.5 Å². The molecule has 5 N–H and O–H groups in total. The molecule has 2 amide bonds. The van der Waals surface area contributed by atoms with Crippen LogP contribution in [-0.4, -0.2) is 77.4 Å². The van der Waals surface area contributed by atoms with E-state index >= 15 is 0 Å². The number of piperazine rings is 1. The number of phenolic OH excluding ortho intramolecular Hbond substituents is 1. The number of aromatic nitrogens is 2. The second-order valence-corrected chi connectivity index (χ2v) is 13.0. The van der Waals surface area contributed by atoms with Crippen molar-refractivity contribution in [1.29, 1.82) is 0 Å². The molecular weight excluding hydrogens is 606 g/mol. The van der Waals surface area contributed by atoms with E-state index in [0.29, 0.717) is 29.8 Å². The number of nitrogen functional groups attached to an aromatic ring is 1. The Hall–Kier alpha value is -4.54.